The largest absolute Gasteiger partial charge is 0.371 e. The molecule has 2 nitrogen and oxygen atoms in total. The predicted molar refractivity (Wildman–Crippen MR) is 77.3 cm³/mol. The van der Waals surface area contributed by atoms with Gasteiger partial charge in [0.05, 0.1) is 0 Å². The maximum atomic E-state index is 3.76. The van der Waals surface area contributed by atoms with Crippen molar-refractivity contribution in [3.63, 3.8) is 0 Å². The molecule has 2 aliphatic rings. The molecule has 98 valence electrons. The van der Waals surface area contributed by atoms with E-state index in [2.05, 4.69) is 42.3 Å². The molecule has 0 unspecified atom stereocenters. The number of anilines is 1. The molecule has 0 atom stereocenters. The van der Waals surface area contributed by atoms with Crippen LogP contribution in [0.15, 0.2) is 18.2 Å². The summed E-state index contributed by atoms with van der Waals surface area (Å²) in [5.74, 6) is 0. The second-order valence-corrected chi connectivity index (χ2v) is 6.05. The Morgan fingerprint density at radius 2 is 1.44 bits per heavy atom. The average Bonchev–Trinajstić information content (AvgIpc) is 3.12. The van der Waals surface area contributed by atoms with Gasteiger partial charge >= 0.3 is 0 Å². The minimum Gasteiger partial charge on any atom is -0.371 e. The number of rotatable bonds is 3. The Balaban J connectivity index is 1.60. The first-order chi connectivity index (χ1) is 8.70. The maximum Gasteiger partial charge on any atom is 0.0371 e. The van der Waals surface area contributed by atoms with Crippen molar-refractivity contribution < 1.29 is 0 Å². The van der Waals surface area contributed by atoms with Crippen LogP contribution >= 0.6 is 0 Å². The molecule has 18 heavy (non-hydrogen) atoms. The quantitative estimate of drug-likeness (QED) is 0.879. The third-order valence-corrected chi connectivity index (χ3v) is 4.12. The third-order valence-electron chi connectivity index (χ3n) is 4.12. The molecule has 0 bridgehead atoms. The van der Waals surface area contributed by atoms with E-state index in [0.717, 1.165) is 12.1 Å². The molecule has 1 aromatic rings. The topological polar surface area (TPSA) is 15.3 Å². The molecule has 1 saturated carbocycles. The van der Waals surface area contributed by atoms with Crippen LogP contribution in [0.3, 0.4) is 0 Å². The Morgan fingerprint density at radius 1 is 0.889 bits per heavy atom. The van der Waals surface area contributed by atoms with Crippen LogP contribution in [0, 0.1) is 13.8 Å². The van der Waals surface area contributed by atoms with Crippen molar-refractivity contribution in [1.29, 1.82) is 0 Å². The lowest BCUT2D eigenvalue weighted by molar-refractivity contribution is 0.413. The first-order valence-electron chi connectivity index (χ1n) is 7.30. The van der Waals surface area contributed by atoms with Crippen LogP contribution in [-0.2, 0) is 0 Å². The van der Waals surface area contributed by atoms with E-state index in [1.807, 2.05) is 0 Å². The van der Waals surface area contributed by atoms with Crippen LogP contribution in [0.5, 0.6) is 0 Å². The van der Waals surface area contributed by atoms with Gasteiger partial charge in [0.2, 0.25) is 0 Å². The van der Waals surface area contributed by atoms with Crippen molar-refractivity contribution >= 4 is 5.69 Å². The van der Waals surface area contributed by atoms with Gasteiger partial charge in [0.15, 0.2) is 0 Å². The molecular weight excluding hydrogens is 220 g/mol. The SMILES string of the molecule is Cc1cc(C)cc(N2CCC(NC3CC3)CC2)c1. The van der Waals surface area contributed by atoms with Gasteiger partial charge < -0.3 is 10.2 Å². The van der Waals surface area contributed by atoms with Crippen LogP contribution in [0.1, 0.15) is 36.8 Å². The second-order valence-electron chi connectivity index (χ2n) is 6.05. The molecule has 0 radical (unpaired) electrons. The molecule has 2 heteroatoms. The van der Waals surface area contributed by atoms with Crippen molar-refractivity contribution in [1.82, 2.24) is 5.32 Å². The van der Waals surface area contributed by atoms with Crippen LogP contribution in [0.4, 0.5) is 5.69 Å². The minimum absolute atomic E-state index is 0.764. The van der Waals surface area contributed by atoms with Crippen molar-refractivity contribution in [2.24, 2.45) is 0 Å². The van der Waals surface area contributed by atoms with E-state index in [-0.39, 0.29) is 0 Å². The Morgan fingerprint density at radius 3 is 2.00 bits per heavy atom. The summed E-state index contributed by atoms with van der Waals surface area (Å²) in [5.41, 5.74) is 4.17. The molecule has 2 fully saturated rings. The van der Waals surface area contributed by atoms with E-state index in [1.54, 1.807) is 0 Å². The normalized spacial score (nSPS) is 21.3. The van der Waals surface area contributed by atoms with E-state index >= 15 is 0 Å². The molecule has 0 spiro atoms. The van der Waals surface area contributed by atoms with Crippen molar-refractivity contribution in [3.8, 4) is 0 Å². The Hall–Kier alpha value is -1.02. The summed E-state index contributed by atoms with van der Waals surface area (Å²) in [6, 6.07) is 8.51. The summed E-state index contributed by atoms with van der Waals surface area (Å²) in [6.07, 6.45) is 5.39. The van der Waals surface area contributed by atoms with Gasteiger partial charge in [-0.25, -0.2) is 0 Å². The molecule has 1 heterocycles. The molecule has 1 saturated heterocycles. The summed E-state index contributed by atoms with van der Waals surface area (Å²) in [5, 5.41) is 3.76. The highest BCUT2D eigenvalue weighted by Gasteiger charge is 2.27. The van der Waals surface area contributed by atoms with E-state index in [0.29, 0.717) is 0 Å². The van der Waals surface area contributed by atoms with Gasteiger partial charge in [0, 0.05) is 30.9 Å². The fourth-order valence-electron chi connectivity index (χ4n) is 3.02. The maximum absolute atomic E-state index is 3.76. The van der Waals surface area contributed by atoms with Gasteiger partial charge in [-0.1, -0.05) is 6.07 Å². The van der Waals surface area contributed by atoms with Crippen LogP contribution in [-0.4, -0.2) is 25.2 Å². The molecule has 0 amide bonds. The lowest BCUT2D eigenvalue weighted by atomic mass is 10.0. The van der Waals surface area contributed by atoms with Crippen LogP contribution in [0.2, 0.25) is 0 Å². The van der Waals surface area contributed by atoms with E-state index in [1.165, 1.54) is 55.6 Å². The summed E-state index contributed by atoms with van der Waals surface area (Å²) < 4.78 is 0. The summed E-state index contributed by atoms with van der Waals surface area (Å²) in [6.45, 7) is 6.79. The molecule has 1 aromatic carbocycles. The van der Waals surface area contributed by atoms with Crippen molar-refractivity contribution in [2.45, 2.75) is 51.6 Å². The summed E-state index contributed by atoms with van der Waals surface area (Å²) in [7, 11) is 0. The van der Waals surface area contributed by atoms with Gasteiger partial charge in [0.25, 0.3) is 0 Å². The molecule has 1 aliphatic heterocycles. The number of nitrogens with zero attached hydrogens (tertiary/aromatic N) is 1. The number of aryl methyl sites for hydroxylation is 2. The molecule has 3 rings (SSSR count). The lowest BCUT2D eigenvalue weighted by Gasteiger charge is -2.34. The van der Waals surface area contributed by atoms with Gasteiger partial charge in [-0.2, -0.15) is 0 Å². The number of hydrogen-bond acceptors (Lipinski definition) is 2. The van der Waals surface area contributed by atoms with E-state index < -0.39 is 0 Å². The van der Waals surface area contributed by atoms with Crippen LogP contribution < -0.4 is 10.2 Å². The number of nitrogens with one attached hydrogen (secondary N) is 1. The van der Waals surface area contributed by atoms with Gasteiger partial charge in [-0.15, -0.1) is 0 Å². The average molecular weight is 244 g/mol. The predicted octanol–water partition coefficient (Wildman–Crippen LogP) is 3.02. The smallest absolute Gasteiger partial charge is 0.0371 e. The lowest BCUT2D eigenvalue weighted by Crippen LogP contribution is -2.43. The first-order valence-corrected chi connectivity index (χ1v) is 7.30. The zero-order valence-corrected chi connectivity index (χ0v) is 11.6. The standard InChI is InChI=1S/C16H24N2/c1-12-9-13(2)11-16(10-12)18-7-5-15(6-8-18)17-14-3-4-14/h9-11,14-15,17H,3-8H2,1-2H3. The summed E-state index contributed by atoms with van der Waals surface area (Å²) in [4.78, 5) is 2.55. The third kappa shape index (κ3) is 2.86. The second kappa shape index (κ2) is 4.93. The zero-order valence-electron chi connectivity index (χ0n) is 11.6. The highest BCUT2D eigenvalue weighted by atomic mass is 15.2. The summed E-state index contributed by atoms with van der Waals surface area (Å²) >= 11 is 0. The monoisotopic (exact) mass is 244 g/mol. The van der Waals surface area contributed by atoms with Gasteiger partial charge in [-0.05, 0) is 62.8 Å². The zero-order chi connectivity index (χ0) is 12.5. The van der Waals surface area contributed by atoms with Gasteiger partial charge in [-0.3, -0.25) is 0 Å². The van der Waals surface area contributed by atoms with Crippen molar-refractivity contribution in [3.05, 3.63) is 29.3 Å². The fraction of sp³-hybridized carbons (Fsp3) is 0.625. The highest BCUT2D eigenvalue weighted by molar-refractivity contribution is 5.51. The van der Waals surface area contributed by atoms with Gasteiger partial charge in [0.1, 0.15) is 0 Å². The Labute approximate surface area is 110 Å². The van der Waals surface area contributed by atoms with Crippen molar-refractivity contribution in [2.75, 3.05) is 18.0 Å². The first kappa shape index (κ1) is 12.0. The van der Waals surface area contributed by atoms with Crippen LogP contribution in [0.25, 0.3) is 0 Å². The number of benzene rings is 1. The fourth-order valence-corrected chi connectivity index (χ4v) is 3.02. The van der Waals surface area contributed by atoms with E-state index in [4.69, 9.17) is 0 Å². The molecule has 1 N–H and O–H groups in total. The number of piperidine rings is 1. The number of hydrogen-bond donors (Lipinski definition) is 1. The molecule has 1 aliphatic carbocycles. The Bertz CT molecular complexity index is 395. The van der Waals surface area contributed by atoms with E-state index in [9.17, 15) is 0 Å². The highest BCUT2D eigenvalue weighted by Crippen LogP contribution is 2.25. The minimum atomic E-state index is 0.764. The Kier molecular flexibility index (Phi) is 3.29. The molecule has 0 aromatic heterocycles. The molecular formula is C16H24N2.